The standard InChI is InChI=1S/C16H15Cl2N3O3/c1-23-14-4-2-3-11(8-20-21-16(19)22)15(14)24-9-10-5-6-12(17)13(18)7-10/h2-8H,9H2,1H3,(H3,19,21,22). The highest BCUT2D eigenvalue weighted by Gasteiger charge is 2.10. The number of carbonyl (C=O) groups excluding carboxylic acids is 1. The van der Waals surface area contributed by atoms with Crippen molar-refractivity contribution in [2.45, 2.75) is 6.61 Å². The van der Waals surface area contributed by atoms with E-state index >= 15 is 0 Å². The second-order valence-electron chi connectivity index (χ2n) is 4.65. The minimum absolute atomic E-state index is 0.251. The molecule has 0 aromatic heterocycles. The van der Waals surface area contributed by atoms with Crippen molar-refractivity contribution in [3.8, 4) is 11.5 Å². The highest BCUT2D eigenvalue weighted by molar-refractivity contribution is 6.42. The maximum atomic E-state index is 10.7. The first kappa shape index (κ1) is 17.9. The first-order valence-corrected chi connectivity index (χ1v) is 7.59. The Balaban J connectivity index is 2.21. The molecule has 0 fully saturated rings. The van der Waals surface area contributed by atoms with Crippen molar-refractivity contribution in [1.82, 2.24) is 5.43 Å². The Bertz CT molecular complexity index is 766. The van der Waals surface area contributed by atoms with E-state index in [0.29, 0.717) is 27.1 Å². The van der Waals surface area contributed by atoms with Gasteiger partial charge in [0, 0.05) is 5.56 Å². The molecule has 0 saturated heterocycles. The minimum Gasteiger partial charge on any atom is -0.493 e. The van der Waals surface area contributed by atoms with Crippen LogP contribution in [0, 0.1) is 0 Å². The number of nitrogens with zero attached hydrogens (tertiary/aromatic N) is 1. The highest BCUT2D eigenvalue weighted by Crippen LogP contribution is 2.31. The summed E-state index contributed by atoms with van der Waals surface area (Å²) < 4.78 is 11.1. The maximum Gasteiger partial charge on any atom is 0.332 e. The smallest absolute Gasteiger partial charge is 0.332 e. The average molecular weight is 368 g/mol. The van der Waals surface area contributed by atoms with E-state index in [2.05, 4.69) is 10.5 Å². The van der Waals surface area contributed by atoms with Gasteiger partial charge >= 0.3 is 6.03 Å². The Morgan fingerprint density at radius 3 is 2.75 bits per heavy atom. The number of nitrogens with one attached hydrogen (secondary N) is 1. The normalized spacial score (nSPS) is 10.6. The van der Waals surface area contributed by atoms with Gasteiger partial charge in [0.05, 0.1) is 23.4 Å². The van der Waals surface area contributed by atoms with Crippen LogP contribution < -0.4 is 20.6 Å². The molecule has 2 aromatic carbocycles. The second kappa shape index (κ2) is 8.42. The molecule has 0 aliphatic rings. The number of para-hydroxylation sites is 1. The lowest BCUT2D eigenvalue weighted by Gasteiger charge is -2.13. The molecule has 0 bridgehead atoms. The van der Waals surface area contributed by atoms with Gasteiger partial charge in [-0.3, -0.25) is 0 Å². The number of methoxy groups -OCH3 is 1. The highest BCUT2D eigenvalue weighted by atomic mass is 35.5. The zero-order valence-corrected chi connectivity index (χ0v) is 14.3. The van der Waals surface area contributed by atoms with Crippen molar-refractivity contribution in [3.05, 3.63) is 57.6 Å². The molecule has 0 radical (unpaired) electrons. The molecule has 2 amide bonds. The van der Waals surface area contributed by atoms with Gasteiger partial charge < -0.3 is 15.2 Å². The molecular weight excluding hydrogens is 353 g/mol. The lowest BCUT2D eigenvalue weighted by molar-refractivity contribution is 0.249. The number of halogens is 2. The molecule has 0 heterocycles. The van der Waals surface area contributed by atoms with Crippen LogP contribution in [-0.2, 0) is 6.61 Å². The van der Waals surface area contributed by atoms with Crippen LogP contribution in [0.4, 0.5) is 4.79 Å². The largest absolute Gasteiger partial charge is 0.493 e. The molecule has 0 aliphatic heterocycles. The summed E-state index contributed by atoms with van der Waals surface area (Å²) in [6, 6.07) is 9.77. The van der Waals surface area contributed by atoms with Gasteiger partial charge in [0.1, 0.15) is 6.61 Å². The second-order valence-corrected chi connectivity index (χ2v) is 5.46. The van der Waals surface area contributed by atoms with Crippen LogP contribution in [0.15, 0.2) is 41.5 Å². The Kier molecular flexibility index (Phi) is 6.28. The predicted octanol–water partition coefficient (Wildman–Crippen LogP) is 3.58. The van der Waals surface area contributed by atoms with Crippen molar-refractivity contribution in [2.75, 3.05) is 7.11 Å². The molecule has 0 aliphatic carbocycles. The van der Waals surface area contributed by atoms with Gasteiger partial charge in [0.25, 0.3) is 0 Å². The molecule has 126 valence electrons. The fourth-order valence-electron chi connectivity index (χ4n) is 1.90. The molecule has 0 spiro atoms. The number of nitrogens with two attached hydrogens (primary N) is 1. The Labute approximate surface area is 149 Å². The summed E-state index contributed by atoms with van der Waals surface area (Å²) in [5.41, 5.74) is 8.55. The first-order valence-electron chi connectivity index (χ1n) is 6.83. The molecule has 8 heteroatoms. The van der Waals surface area contributed by atoms with Gasteiger partial charge in [-0.15, -0.1) is 0 Å². The van der Waals surface area contributed by atoms with Crippen LogP contribution in [-0.4, -0.2) is 19.4 Å². The average Bonchev–Trinajstić information content (AvgIpc) is 2.56. The molecule has 6 nitrogen and oxygen atoms in total. The van der Waals surface area contributed by atoms with E-state index in [1.165, 1.54) is 13.3 Å². The number of hydrogen-bond donors (Lipinski definition) is 2. The molecule has 2 aromatic rings. The van der Waals surface area contributed by atoms with Gasteiger partial charge in [-0.05, 0) is 29.8 Å². The van der Waals surface area contributed by atoms with Crippen molar-refractivity contribution in [3.63, 3.8) is 0 Å². The van der Waals surface area contributed by atoms with E-state index in [9.17, 15) is 4.79 Å². The lowest BCUT2D eigenvalue weighted by Crippen LogP contribution is -2.24. The number of benzene rings is 2. The number of hydrazone groups is 1. The van der Waals surface area contributed by atoms with Gasteiger partial charge in [-0.25, -0.2) is 10.2 Å². The molecule has 0 unspecified atom stereocenters. The Morgan fingerprint density at radius 2 is 2.08 bits per heavy atom. The monoisotopic (exact) mass is 367 g/mol. The molecule has 3 N–H and O–H groups in total. The number of amides is 2. The third-order valence-electron chi connectivity index (χ3n) is 2.97. The van der Waals surface area contributed by atoms with Gasteiger partial charge in [0.15, 0.2) is 11.5 Å². The summed E-state index contributed by atoms with van der Waals surface area (Å²) in [5, 5.41) is 4.66. The third kappa shape index (κ3) is 4.78. The maximum absolute atomic E-state index is 10.7. The minimum atomic E-state index is -0.757. The van der Waals surface area contributed by atoms with E-state index < -0.39 is 6.03 Å². The van der Waals surface area contributed by atoms with Crippen molar-refractivity contribution in [1.29, 1.82) is 0 Å². The van der Waals surface area contributed by atoms with Crippen LogP contribution in [0.25, 0.3) is 0 Å². The summed E-state index contributed by atoms with van der Waals surface area (Å²) in [6.45, 7) is 0.251. The van der Waals surface area contributed by atoms with Crippen LogP contribution in [0.2, 0.25) is 10.0 Å². The summed E-state index contributed by atoms with van der Waals surface area (Å²) in [4.78, 5) is 10.7. The SMILES string of the molecule is COc1cccc(C=NNC(N)=O)c1OCc1ccc(Cl)c(Cl)c1. The quantitative estimate of drug-likeness (QED) is 0.604. The summed E-state index contributed by atoms with van der Waals surface area (Å²) in [6.07, 6.45) is 1.41. The zero-order valence-electron chi connectivity index (χ0n) is 12.8. The first-order chi connectivity index (χ1) is 11.5. The third-order valence-corrected chi connectivity index (χ3v) is 3.71. The van der Waals surface area contributed by atoms with E-state index in [1.807, 2.05) is 6.07 Å². The fourth-order valence-corrected chi connectivity index (χ4v) is 2.22. The van der Waals surface area contributed by atoms with E-state index in [0.717, 1.165) is 5.56 Å². The molecular formula is C16H15Cl2N3O3. The number of carbonyl (C=O) groups is 1. The van der Waals surface area contributed by atoms with Crippen molar-refractivity contribution >= 4 is 35.4 Å². The number of hydrogen-bond acceptors (Lipinski definition) is 4. The van der Waals surface area contributed by atoms with Crippen LogP contribution in [0.5, 0.6) is 11.5 Å². The molecule has 2 rings (SSSR count). The summed E-state index contributed by atoms with van der Waals surface area (Å²) in [7, 11) is 1.53. The van der Waals surface area contributed by atoms with Crippen LogP contribution in [0.1, 0.15) is 11.1 Å². The molecule has 0 atom stereocenters. The van der Waals surface area contributed by atoms with Crippen LogP contribution >= 0.6 is 23.2 Å². The number of urea groups is 1. The summed E-state index contributed by atoms with van der Waals surface area (Å²) >= 11 is 11.9. The molecule has 24 heavy (non-hydrogen) atoms. The number of primary amides is 1. The van der Waals surface area contributed by atoms with Gasteiger partial charge in [0.2, 0.25) is 0 Å². The van der Waals surface area contributed by atoms with Gasteiger partial charge in [-0.1, -0.05) is 35.3 Å². The van der Waals surface area contributed by atoms with E-state index in [-0.39, 0.29) is 6.61 Å². The summed E-state index contributed by atoms with van der Waals surface area (Å²) in [5.74, 6) is 0.999. The topological polar surface area (TPSA) is 85.9 Å². The lowest BCUT2D eigenvalue weighted by atomic mass is 10.2. The van der Waals surface area contributed by atoms with Crippen LogP contribution in [0.3, 0.4) is 0 Å². The van der Waals surface area contributed by atoms with Crippen molar-refractivity contribution in [2.24, 2.45) is 10.8 Å². The Hall–Kier alpha value is -2.44. The van der Waals surface area contributed by atoms with Crippen molar-refractivity contribution < 1.29 is 14.3 Å². The Morgan fingerprint density at radius 1 is 1.29 bits per heavy atom. The predicted molar refractivity (Wildman–Crippen MR) is 94.1 cm³/mol. The number of rotatable bonds is 6. The molecule has 0 saturated carbocycles. The number of ether oxygens (including phenoxy) is 2. The fraction of sp³-hybridized carbons (Fsp3) is 0.125. The van der Waals surface area contributed by atoms with E-state index in [1.54, 1.807) is 30.3 Å². The zero-order chi connectivity index (χ0) is 17.5. The van der Waals surface area contributed by atoms with Gasteiger partial charge in [-0.2, -0.15) is 5.10 Å². The van der Waals surface area contributed by atoms with E-state index in [4.69, 9.17) is 38.4 Å².